The van der Waals surface area contributed by atoms with Crippen LogP contribution in [0.4, 0.5) is 13.2 Å². The van der Waals surface area contributed by atoms with Crippen LogP contribution in [0.5, 0.6) is 11.6 Å². The zero-order chi connectivity index (χ0) is 12.5. The molecule has 0 bridgehead atoms. The summed E-state index contributed by atoms with van der Waals surface area (Å²) in [5.74, 6) is -0.0995. The molecule has 0 aromatic carbocycles. The Morgan fingerprint density at radius 1 is 1.41 bits per heavy atom. The van der Waals surface area contributed by atoms with Crippen LogP contribution < -0.4 is 9.47 Å². The van der Waals surface area contributed by atoms with E-state index in [1.165, 1.54) is 30.2 Å². The van der Waals surface area contributed by atoms with Crippen molar-refractivity contribution in [3.05, 3.63) is 18.6 Å². The highest BCUT2D eigenvalue weighted by atomic mass is 19.4. The standard InChI is InChI=1S/C9H8F3N3O2/c1-16-8-7(17-4-9(10,11)12)2-6-3-13-5-15(6)14-8/h2-3,5H,4H2,1H3. The number of nitrogens with zero attached hydrogens (tertiary/aromatic N) is 3. The summed E-state index contributed by atoms with van der Waals surface area (Å²) >= 11 is 0. The molecule has 2 rings (SSSR count). The fraction of sp³-hybridized carbons (Fsp3) is 0.333. The summed E-state index contributed by atoms with van der Waals surface area (Å²) in [6.07, 6.45) is -1.55. The normalized spacial score (nSPS) is 11.8. The van der Waals surface area contributed by atoms with Gasteiger partial charge in [0.05, 0.1) is 18.8 Å². The van der Waals surface area contributed by atoms with Gasteiger partial charge in [0.1, 0.15) is 6.33 Å². The molecule has 92 valence electrons. The Labute approximate surface area is 93.8 Å². The van der Waals surface area contributed by atoms with Gasteiger partial charge in [-0.3, -0.25) is 0 Å². The highest BCUT2D eigenvalue weighted by Crippen LogP contribution is 2.27. The molecule has 17 heavy (non-hydrogen) atoms. The van der Waals surface area contributed by atoms with Gasteiger partial charge < -0.3 is 9.47 Å². The van der Waals surface area contributed by atoms with Gasteiger partial charge in [0, 0.05) is 6.07 Å². The van der Waals surface area contributed by atoms with Crippen LogP contribution in [0.25, 0.3) is 5.52 Å². The van der Waals surface area contributed by atoms with Gasteiger partial charge in [0.15, 0.2) is 12.4 Å². The van der Waals surface area contributed by atoms with E-state index in [4.69, 9.17) is 4.74 Å². The third-order valence-electron chi connectivity index (χ3n) is 1.92. The van der Waals surface area contributed by atoms with Crippen molar-refractivity contribution in [1.29, 1.82) is 0 Å². The molecule has 2 aromatic heterocycles. The minimum Gasteiger partial charge on any atom is -0.478 e. The highest BCUT2D eigenvalue weighted by molar-refractivity contribution is 5.51. The molecule has 0 aliphatic carbocycles. The highest BCUT2D eigenvalue weighted by Gasteiger charge is 2.29. The average molecular weight is 247 g/mol. The Bertz CT molecular complexity index is 524. The number of imidazole rings is 1. The van der Waals surface area contributed by atoms with Gasteiger partial charge in [-0.2, -0.15) is 13.2 Å². The summed E-state index contributed by atoms with van der Waals surface area (Å²) in [5, 5.41) is 3.89. The largest absolute Gasteiger partial charge is 0.478 e. The number of aromatic nitrogens is 3. The summed E-state index contributed by atoms with van der Waals surface area (Å²) in [5.41, 5.74) is 0.517. The Hall–Kier alpha value is -1.99. The zero-order valence-corrected chi connectivity index (χ0v) is 8.73. The van der Waals surface area contributed by atoms with E-state index in [-0.39, 0.29) is 11.6 Å². The van der Waals surface area contributed by atoms with Crippen LogP contribution in [0, 0.1) is 0 Å². The molecule has 0 unspecified atom stereocenters. The van der Waals surface area contributed by atoms with Gasteiger partial charge in [0.25, 0.3) is 5.88 Å². The molecule has 2 heterocycles. The predicted octanol–water partition coefficient (Wildman–Crippen LogP) is 1.68. The quantitative estimate of drug-likeness (QED) is 0.827. The van der Waals surface area contributed by atoms with E-state index in [0.717, 1.165) is 0 Å². The predicted molar refractivity (Wildman–Crippen MR) is 51.1 cm³/mol. The lowest BCUT2D eigenvalue weighted by atomic mass is 10.4. The molecule has 0 aliphatic rings. The molecule has 0 amide bonds. The molecule has 0 fully saturated rings. The van der Waals surface area contributed by atoms with Gasteiger partial charge in [-0.15, -0.1) is 5.10 Å². The minimum atomic E-state index is -4.41. The topological polar surface area (TPSA) is 48.7 Å². The lowest BCUT2D eigenvalue weighted by Crippen LogP contribution is -2.19. The van der Waals surface area contributed by atoms with Gasteiger partial charge in [-0.25, -0.2) is 9.50 Å². The molecular formula is C9H8F3N3O2. The van der Waals surface area contributed by atoms with E-state index >= 15 is 0 Å². The Morgan fingerprint density at radius 2 is 2.18 bits per heavy atom. The minimum absolute atomic E-state index is 0.0280. The average Bonchev–Trinajstić information content (AvgIpc) is 2.70. The number of alkyl halides is 3. The fourth-order valence-electron chi connectivity index (χ4n) is 1.23. The van der Waals surface area contributed by atoms with Gasteiger partial charge in [-0.1, -0.05) is 0 Å². The van der Waals surface area contributed by atoms with E-state index in [2.05, 4.69) is 14.8 Å². The maximum absolute atomic E-state index is 12.0. The van der Waals surface area contributed by atoms with Crippen molar-refractivity contribution in [2.45, 2.75) is 6.18 Å². The Kier molecular flexibility index (Phi) is 2.78. The van der Waals surface area contributed by atoms with E-state index < -0.39 is 12.8 Å². The number of hydrogen-bond acceptors (Lipinski definition) is 4. The van der Waals surface area contributed by atoms with Crippen molar-refractivity contribution in [1.82, 2.24) is 14.6 Å². The molecule has 0 atom stereocenters. The zero-order valence-electron chi connectivity index (χ0n) is 8.73. The lowest BCUT2D eigenvalue weighted by Gasteiger charge is -2.11. The second-order valence-corrected chi connectivity index (χ2v) is 3.18. The molecule has 2 aromatic rings. The van der Waals surface area contributed by atoms with Gasteiger partial charge >= 0.3 is 6.18 Å². The number of fused-ring (bicyclic) bond motifs is 1. The summed E-state index contributed by atoms with van der Waals surface area (Å²) in [7, 11) is 1.30. The second-order valence-electron chi connectivity index (χ2n) is 3.18. The van der Waals surface area contributed by atoms with E-state index in [1.807, 2.05) is 0 Å². The van der Waals surface area contributed by atoms with Crippen LogP contribution >= 0.6 is 0 Å². The van der Waals surface area contributed by atoms with E-state index in [9.17, 15) is 13.2 Å². The van der Waals surface area contributed by atoms with Crippen molar-refractivity contribution in [2.24, 2.45) is 0 Å². The molecule has 8 heteroatoms. The first-order valence-corrected chi connectivity index (χ1v) is 4.56. The molecule has 5 nitrogen and oxygen atoms in total. The Morgan fingerprint density at radius 3 is 2.82 bits per heavy atom. The summed E-state index contributed by atoms with van der Waals surface area (Å²) in [6, 6.07) is 1.38. The number of rotatable bonds is 3. The number of methoxy groups -OCH3 is 1. The van der Waals surface area contributed by atoms with Crippen LogP contribution in [0.15, 0.2) is 18.6 Å². The van der Waals surface area contributed by atoms with Crippen molar-refractivity contribution in [3.63, 3.8) is 0 Å². The Balaban J connectivity index is 2.30. The lowest BCUT2D eigenvalue weighted by molar-refractivity contribution is -0.153. The van der Waals surface area contributed by atoms with E-state index in [1.54, 1.807) is 0 Å². The molecule has 0 saturated carbocycles. The van der Waals surface area contributed by atoms with E-state index in [0.29, 0.717) is 5.52 Å². The van der Waals surface area contributed by atoms with Crippen LogP contribution in [0.3, 0.4) is 0 Å². The van der Waals surface area contributed by atoms with Crippen LogP contribution in [-0.2, 0) is 0 Å². The molecule has 0 aliphatic heterocycles. The van der Waals surface area contributed by atoms with Crippen LogP contribution in [-0.4, -0.2) is 34.5 Å². The SMILES string of the molecule is COc1nn2cncc2cc1OCC(F)(F)F. The summed E-state index contributed by atoms with van der Waals surface area (Å²) in [4.78, 5) is 3.79. The molecule has 0 radical (unpaired) electrons. The van der Waals surface area contributed by atoms with Gasteiger partial charge in [0.2, 0.25) is 0 Å². The fourth-order valence-corrected chi connectivity index (χ4v) is 1.23. The number of hydrogen-bond donors (Lipinski definition) is 0. The molecular weight excluding hydrogens is 239 g/mol. The van der Waals surface area contributed by atoms with Crippen LogP contribution in [0.1, 0.15) is 0 Å². The molecule has 0 saturated heterocycles. The maximum Gasteiger partial charge on any atom is 0.422 e. The first-order chi connectivity index (χ1) is 7.99. The first-order valence-electron chi connectivity index (χ1n) is 4.56. The number of halogens is 3. The van der Waals surface area contributed by atoms with Gasteiger partial charge in [-0.05, 0) is 0 Å². The third-order valence-corrected chi connectivity index (χ3v) is 1.92. The smallest absolute Gasteiger partial charge is 0.422 e. The number of ether oxygens (including phenoxy) is 2. The molecule has 0 N–H and O–H groups in total. The van der Waals surface area contributed by atoms with Crippen molar-refractivity contribution in [3.8, 4) is 11.6 Å². The summed E-state index contributed by atoms with van der Waals surface area (Å²) < 4.78 is 46.9. The van der Waals surface area contributed by atoms with Crippen molar-refractivity contribution in [2.75, 3.05) is 13.7 Å². The third kappa shape index (κ3) is 2.58. The monoisotopic (exact) mass is 247 g/mol. The van der Waals surface area contributed by atoms with Crippen LogP contribution in [0.2, 0.25) is 0 Å². The van der Waals surface area contributed by atoms with Crippen molar-refractivity contribution >= 4 is 5.52 Å². The molecule has 0 spiro atoms. The first kappa shape index (κ1) is 11.5. The summed E-state index contributed by atoms with van der Waals surface area (Å²) in [6.45, 7) is -1.39. The van der Waals surface area contributed by atoms with Crippen molar-refractivity contribution < 1.29 is 22.6 Å². The maximum atomic E-state index is 12.0. The second kappa shape index (κ2) is 4.11.